The Morgan fingerprint density at radius 1 is 0.812 bits per heavy atom. The number of aliphatic hydroxyl groups is 1. The lowest BCUT2D eigenvalue weighted by Crippen LogP contribution is -2.41. The van der Waals surface area contributed by atoms with Crippen molar-refractivity contribution in [3.63, 3.8) is 0 Å². The van der Waals surface area contributed by atoms with Crippen LogP contribution in [0.5, 0.6) is 0 Å². The SMILES string of the molecule is CC(C)(C)OC(=O)C1(C2(C(=O)OC(C)(C)C)CC2)CC1.CCCCCC1CCCCC1O. The van der Waals surface area contributed by atoms with Crippen LogP contribution in [-0.4, -0.2) is 34.4 Å². The van der Waals surface area contributed by atoms with Crippen molar-refractivity contribution >= 4 is 11.9 Å². The van der Waals surface area contributed by atoms with Crippen molar-refractivity contribution in [2.75, 3.05) is 0 Å². The number of hydrogen-bond donors (Lipinski definition) is 1. The summed E-state index contributed by atoms with van der Waals surface area (Å²) in [5.74, 6) is 0.173. The fourth-order valence-corrected chi connectivity index (χ4v) is 4.94. The zero-order valence-electron chi connectivity index (χ0n) is 21.7. The number of aliphatic hydroxyl groups excluding tert-OH is 1. The Kier molecular flexibility index (Phi) is 8.86. The van der Waals surface area contributed by atoms with Gasteiger partial charge in [-0.2, -0.15) is 0 Å². The van der Waals surface area contributed by atoms with Crippen LogP contribution in [0.1, 0.15) is 126 Å². The van der Waals surface area contributed by atoms with Crippen LogP contribution in [0.2, 0.25) is 0 Å². The third-order valence-corrected chi connectivity index (χ3v) is 7.04. The molecule has 0 heterocycles. The summed E-state index contributed by atoms with van der Waals surface area (Å²) in [4.78, 5) is 24.9. The monoisotopic (exact) mass is 452 g/mol. The Bertz CT molecular complexity index is 589. The third-order valence-electron chi connectivity index (χ3n) is 7.04. The quantitative estimate of drug-likeness (QED) is 0.360. The molecule has 1 N–H and O–H groups in total. The summed E-state index contributed by atoms with van der Waals surface area (Å²) >= 11 is 0. The first-order valence-electron chi connectivity index (χ1n) is 12.9. The molecule has 0 aliphatic heterocycles. The Labute approximate surface area is 196 Å². The average Bonchev–Trinajstić information content (AvgIpc) is 3.53. The number of unbranched alkanes of at least 4 members (excludes halogenated alkanes) is 2. The lowest BCUT2D eigenvalue weighted by atomic mass is 9.83. The lowest BCUT2D eigenvalue weighted by molar-refractivity contribution is -0.177. The van der Waals surface area contributed by atoms with Crippen molar-refractivity contribution in [2.45, 2.75) is 143 Å². The molecule has 3 aliphatic rings. The number of ether oxygens (including phenoxy) is 2. The molecule has 0 radical (unpaired) electrons. The second-order valence-electron chi connectivity index (χ2n) is 12.3. The highest BCUT2D eigenvalue weighted by molar-refractivity contribution is 5.93. The molecular formula is C27H48O5. The standard InChI is InChI=1S/C16H26O4.C11H22O/c1-13(2,3)19-11(17)15(7-8-15)16(9-10-16)12(18)20-14(4,5)6;1-2-3-4-7-10-8-5-6-9-11(10)12/h7-10H2,1-6H3;10-12H,2-9H2,1H3. The van der Waals surface area contributed by atoms with Gasteiger partial charge in [0.25, 0.3) is 0 Å². The Balaban J connectivity index is 0.000000258. The second kappa shape index (κ2) is 10.4. The number of esters is 2. The topological polar surface area (TPSA) is 72.8 Å². The van der Waals surface area contributed by atoms with E-state index in [0.717, 1.165) is 32.1 Å². The van der Waals surface area contributed by atoms with Crippen LogP contribution in [0.25, 0.3) is 0 Å². The van der Waals surface area contributed by atoms with Crippen LogP contribution in [0.3, 0.4) is 0 Å². The van der Waals surface area contributed by atoms with Crippen LogP contribution in [-0.2, 0) is 19.1 Å². The van der Waals surface area contributed by atoms with Gasteiger partial charge in [-0.3, -0.25) is 9.59 Å². The smallest absolute Gasteiger partial charge is 0.313 e. The third kappa shape index (κ3) is 7.20. The highest BCUT2D eigenvalue weighted by atomic mass is 16.6. The molecule has 3 aliphatic carbocycles. The van der Waals surface area contributed by atoms with E-state index in [4.69, 9.17) is 9.47 Å². The van der Waals surface area contributed by atoms with Crippen molar-refractivity contribution in [1.29, 1.82) is 0 Å². The molecule has 5 heteroatoms. The van der Waals surface area contributed by atoms with Crippen molar-refractivity contribution < 1.29 is 24.2 Å². The van der Waals surface area contributed by atoms with Gasteiger partial charge in [-0.15, -0.1) is 0 Å². The molecule has 0 aromatic rings. The Hall–Kier alpha value is -1.10. The van der Waals surface area contributed by atoms with Crippen LogP contribution >= 0.6 is 0 Å². The molecule has 0 saturated heterocycles. The second-order valence-corrected chi connectivity index (χ2v) is 12.3. The van der Waals surface area contributed by atoms with Crippen LogP contribution in [0.4, 0.5) is 0 Å². The first-order valence-corrected chi connectivity index (χ1v) is 12.9. The summed E-state index contributed by atoms with van der Waals surface area (Å²) in [7, 11) is 0. The maximum absolute atomic E-state index is 12.5. The first-order chi connectivity index (χ1) is 14.8. The molecule has 0 spiro atoms. The van der Waals surface area contributed by atoms with Gasteiger partial charge in [-0.25, -0.2) is 0 Å². The van der Waals surface area contributed by atoms with E-state index in [1.807, 2.05) is 41.5 Å². The van der Waals surface area contributed by atoms with E-state index in [9.17, 15) is 14.7 Å². The number of carbonyl (C=O) groups is 2. The number of hydrogen-bond acceptors (Lipinski definition) is 5. The molecule has 32 heavy (non-hydrogen) atoms. The van der Waals surface area contributed by atoms with Gasteiger partial charge in [0.05, 0.1) is 16.9 Å². The van der Waals surface area contributed by atoms with Gasteiger partial charge in [0.2, 0.25) is 0 Å². The number of carbonyl (C=O) groups excluding carboxylic acids is 2. The van der Waals surface area contributed by atoms with E-state index >= 15 is 0 Å². The van der Waals surface area contributed by atoms with E-state index in [0.29, 0.717) is 5.92 Å². The van der Waals surface area contributed by atoms with Gasteiger partial charge >= 0.3 is 11.9 Å². The molecule has 5 nitrogen and oxygen atoms in total. The highest BCUT2D eigenvalue weighted by Crippen LogP contribution is 2.71. The fraction of sp³-hybridized carbons (Fsp3) is 0.926. The summed E-state index contributed by atoms with van der Waals surface area (Å²) < 4.78 is 11.0. The van der Waals surface area contributed by atoms with Gasteiger partial charge < -0.3 is 14.6 Å². The molecule has 186 valence electrons. The van der Waals surface area contributed by atoms with Gasteiger partial charge in [-0.05, 0) is 92.4 Å². The van der Waals surface area contributed by atoms with Crippen molar-refractivity contribution in [2.24, 2.45) is 16.7 Å². The van der Waals surface area contributed by atoms with Gasteiger partial charge in [0.1, 0.15) is 11.2 Å². The summed E-state index contributed by atoms with van der Waals surface area (Å²) in [6.07, 6.45) is 13.1. The lowest BCUT2D eigenvalue weighted by Gasteiger charge is -2.30. The number of rotatable bonds is 7. The van der Waals surface area contributed by atoms with E-state index < -0.39 is 22.0 Å². The Morgan fingerprint density at radius 3 is 1.59 bits per heavy atom. The zero-order chi connectivity index (χ0) is 24.2. The Morgan fingerprint density at radius 2 is 1.25 bits per heavy atom. The predicted molar refractivity (Wildman–Crippen MR) is 127 cm³/mol. The summed E-state index contributed by atoms with van der Waals surface area (Å²) in [5.41, 5.74) is -2.28. The molecule has 2 atom stereocenters. The summed E-state index contributed by atoms with van der Waals surface area (Å²) in [6, 6.07) is 0. The molecule has 3 fully saturated rings. The average molecular weight is 453 g/mol. The van der Waals surface area contributed by atoms with Crippen LogP contribution in [0.15, 0.2) is 0 Å². The normalized spacial score (nSPS) is 25.8. The molecule has 0 amide bonds. The first kappa shape index (κ1) is 27.1. The maximum atomic E-state index is 12.5. The molecule has 2 unspecified atom stereocenters. The van der Waals surface area contributed by atoms with Gasteiger partial charge in [0.15, 0.2) is 0 Å². The minimum atomic E-state index is -0.622. The largest absolute Gasteiger partial charge is 0.460 e. The molecule has 0 aromatic carbocycles. The minimum Gasteiger partial charge on any atom is -0.460 e. The molecular weight excluding hydrogens is 404 g/mol. The van der Waals surface area contributed by atoms with Crippen LogP contribution in [0, 0.1) is 16.7 Å². The predicted octanol–water partition coefficient (Wildman–Crippen LogP) is 6.35. The highest BCUT2D eigenvalue weighted by Gasteiger charge is 2.75. The minimum absolute atomic E-state index is 0.0237. The van der Waals surface area contributed by atoms with E-state index in [1.54, 1.807) is 0 Å². The maximum Gasteiger partial charge on any atom is 0.313 e. The van der Waals surface area contributed by atoms with E-state index in [2.05, 4.69) is 6.92 Å². The zero-order valence-corrected chi connectivity index (χ0v) is 21.7. The van der Waals surface area contributed by atoms with E-state index in [-0.39, 0.29) is 18.0 Å². The van der Waals surface area contributed by atoms with Crippen molar-refractivity contribution in [1.82, 2.24) is 0 Å². The van der Waals surface area contributed by atoms with Crippen molar-refractivity contribution in [3.8, 4) is 0 Å². The molecule has 3 saturated carbocycles. The van der Waals surface area contributed by atoms with Crippen molar-refractivity contribution in [3.05, 3.63) is 0 Å². The van der Waals surface area contributed by atoms with E-state index in [1.165, 1.54) is 44.9 Å². The fourth-order valence-electron chi connectivity index (χ4n) is 4.94. The molecule has 0 aromatic heterocycles. The summed E-state index contributed by atoms with van der Waals surface area (Å²) in [5, 5.41) is 9.67. The molecule has 3 rings (SSSR count). The summed E-state index contributed by atoms with van der Waals surface area (Å²) in [6.45, 7) is 13.4. The van der Waals surface area contributed by atoms with Gasteiger partial charge in [0, 0.05) is 0 Å². The van der Waals surface area contributed by atoms with Gasteiger partial charge in [-0.1, -0.05) is 39.0 Å². The van der Waals surface area contributed by atoms with Crippen LogP contribution < -0.4 is 0 Å². The molecule has 0 bridgehead atoms.